The Morgan fingerprint density at radius 3 is 2.40 bits per heavy atom. The summed E-state index contributed by atoms with van der Waals surface area (Å²) in [5, 5.41) is 2.64. The second-order valence-corrected chi connectivity index (χ2v) is 6.84. The number of carbonyl (C=O) groups is 2. The number of hydrogen-bond acceptors (Lipinski definition) is 4. The fourth-order valence-electron chi connectivity index (χ4n) is 2.35. The third kappa shape index (κ3) is 3.83. The molecule has 25 heavy (non-hydrogen) atoms. The molecule has 7 heteroatoms. The highest BCUT2D eigenvalue weighted by atomic mass is 79.9. The van der Waals surface area contributed by atoms with Crippen LogP contribution in [0.3, 0.4) is 0 Å². The monoisotopic (exact) mass is 415 g/mol. The Hall–Kier alpha value is -2.38. The number of anilines is 1. The van der Waals surface area contributed by atoms with E-state index in [0.29, 0.717) is 11.4 Å². The minimum Gasteiger partial charge on any atom is -0.301 e. The van der Waals surface area contributed by atoms with E-state index >= 15 is 0 Å². The molecule has 1 aliphatic rings. The number of amides is 2. The van der Waals surface area contributed by atoms with E-state index in [2.05, 4.69) is 26.2 Å². The van der Waals surface area contributed by atoms with Gasteiger partial charge >= 0.3 is 0 Å². The van der Waals surface area contributed by atoms with E-state index in [4.69, 9.17) is 12.2 Å². The minimum atomic E-state index is -1.03. The van der Waals surface area contributed by atoms with E-state index in [0.717, 1.165) is 10.0 Å². The van der Waals surface area contributed by atoms with E-state index in [1.807, 2.05) is 31.2 Å². The van der Waals surface area contributed by atoms with Gasteiger partial charge in [-0.1, -0.05) is 33.6 Å². The lowest BCUT2D eigenvalue weighted by molar-refractivity contribution is -0.130. The topological polar surface area (TPSA) is 61.8 Å². The summed E-state index contributed by atoms with van der Waals surface area (Å²) in [6, 6.07) is 14.6. The van der Waals surface area contributed by atoms with Crippen LogP contribution in [0, 0.1) is 12.8 Å². The van der Waals surface area contributed by atoms with Crippen LogP contribution in [-0.2, 0) is 9.59 Å². The second kappa shape index (κ2) is 7.25. The Bertz CT molecular complexity index is 863. The first-order valence-electron chi connectivity index (χ1n) is 7.51. The maximum Gasteiger partial charge on any atom is 0.251 e. The first kappa shape index (κ1) is 17.4. The lowest BCUT2D eigenvalue weighted by Gasteiger charge is -2.30. The molecule has 0 unspecified atom stereocenters. The molecule has 1 saturated heterocycles. The van der Waals surface area contributed by atoms with Crippen LogP contribution in [0.25, 0.3) is 0 Å². The molecule has 2 aromatic rings. The zero-order valence-electron chi connectivity index (χ0n) is 13.3. The van der Waals surface area contributed by atoms with E-state index in [9.17, 15) is 9.59 Å². The predicted octanol–water partition coefficient (Wildman–Crippen LogP) is 3.52. The first-order valence-corrected chi connectivity index (χ1v) is 8.71. The number of halogens is 1. The van der Waals surface area contributed by atoms with E-state index in [1.165, 1.54) is 11.1 Å². The third-order valence-electron chi connectivity index (χ3n) is 3.69. The summed E-state index contributed by atoms with van der Waals surface area (Å²) in [6.07, 6.45) is 1.35. The van der Waals surface area contributed by atoms with Gasteiger partial charge in [-0.2, -0.15) is 0 Å². The number of benzene rings is 2. The Balaban J connectivity index is 1.87. The van der Waals surface area contributed by atoms with Gasteiger partial charge in [0.2, 0.25) is 5.91 Å². The molecule has 0 saturated carbocycles. The Labute approximate surface area is 158 Å². The van der Waals surface area contributed by atoms with Crippen molar-refractivity contribution in [3.63, 3.8) is 0 Å². The fourth-order valence-corrected chi connectivity index (χ4v) is 2.91. The van der Waals surface area contributed by atoms with Crippen molar-refractivity contribution in [1.29, 1.82) is 0 Å². The Morgan fingerprint density at radius 2 is 1.76 bits per heavy atom. The molecule has 1 heterocycles. The van der Waals surface area contributed by atoms with Gasteiger partial charge in [0.1, 0.15) is 0 Å². The van der Waals surface area contributed by atoms with Crippen LogP contribution >= 0.6 is 28.1 Å². The first-order chi connectivity index (χ1) is 12.0. The van der Waals surface area contributed by atoms with Gasteiger partial charge in [0.15, 0.2) is 11.0 Å². The number of carbonyl (C=O) groups excluding carboxylic acids is 2. The van der Waals surface area contributed by atoms with Crippen molar-refractivity contribution in [1.82, 2.24) is 5.32 Å². The smallest absolute Gasteiger partial charge is 0.251 e. The maximum atomic E-state index is 12.8. The number of nitrogens with zero attached hydrogens (tertiary/aromatic N) is 2. The largest absolute Gasteiger partial charge is 0.301 e. The number of nitrogens with one attached hydrogen (secondary N) is 1. The van der Waals surface area contributed by atoms with Crippen LogP contribution in [0.2, 0.25) is 0 Å². The van der Waals surface area contributed by atoms with Crippen molar-refractivity contribution in [3.8, 4) is 0 Å². The second-order valence-electron chi connectivity index (χ2n) is 5.54. The fraction of sp³-hybridized carbons (Fsp3) is 0.111. The van der Waals surface area contributed by atoms with Crippen molar-refractivity contribution in [2.75, 3.05) is 4.90 Å². The van der Waals surface area contributed by atoms with Crippen LogP contribution in [0.4, 0.5) is 11.4 Å². The normalized spacial score (nSPS) is 17.9. The molecule has 1 atom stereocenters. The van der Waals surface area contributed by atoms with Crippen LogP contribution in [0.1, 0.15) is 5.56 Å². The minimum absolute atomic E-state index is 0.0761. The summed E-state index contributed by atoms with van der Waals surface area (Å²) in [5.41, 5.74) is 2.33. The quantitative estimate of drug-likeness (QED) is 0.473. The standard InChI is InChI=1S/C18H14BrN3O2S/c1-11-2-8-14(9-3-11)22-17(24)15(16(23)21-18(22)25)10-20-13-6-4-12(19)5-7-13/h2-10,15H,1H3,(H,21,23,25)/t15-/m0/s1. The average Bonchev–Trinajstić information content (AvgIpc) is 2.57. The van der Waals surface area contributed by atoms with E-state index < -0.39 is 17.7 Å². The van der Waals surface area contributed by atoms with Gasteiger partial charge < -0.3 is 5.32 Å². The number of rotatable bonds is 3. The van der Waals surface area contributed by atoms with Crippen molar-refractivity contribution in [2.24, 2.45) is 10.9 Å². The molecular formula is C18H14BrN3O2S. The summed E-state index contributed by atoms with van der Waals surface area (Å²) in [7, 11) is 0. The van der Waals surface area contributed by atoms with E-state index in [-0.39, 0.29) is 5.11 Å². The van der Waals surface area contributed by atoms with Gasteiger partial charge in [-0.3, -0.25) is 19.5 Å². The van der Waals surface area contributed by atoms with Gasteiger partial charge in [0.05, 0.1) is 11.4 Å². The highest BCUT2D eigenvalue weighted by Crippen LogP contribution is 2.22. The van der Waals surface area contributed by atoms with Crippen LogP contribution in [0.5, 0.6) is 0 Å². The molecule has 0 spiro atoms. The molecule has 0 aliphatic carbocycles. The van der Waals surface area contributed by atoms with Gasteiger partial charge in [0.25, 0.3) is 5.91 Å². The van der Waals surface area contributed by atoms with Crippen molar-refractivity contribution in [3.05, 3.63) is 58.6 Å². The molecule has 1 fully saturated rings. The molecule has 2 amide bonds. The SMILES string of the molecule is Cc1ccc(N2C(=O)[C@@H](C=Nc3ccc(Br)cc3)C(=O)NC2=S)cc1. The van der Waals surface area contributed by atoms with Crippen molar-refractivity contribution >= 4 is 62.7 Å². The lowest BCUT2D eigenvalue weighted by atomic mass is 10.1. The molecule has 1 N–H and O–H groups in total. The van der Waals surface area contributed by atoms with Gasteiger partial charge in [-0.25, -0.2) is 0 Å². The summed E-state index contributed by atoms with van der Waals surface area (Å²) >= 11 is 8.51. The van der Waals surface area contributed by atoms with Crippen LogP contribution in [-0.4, -0.2) is 23.1 Å². The Morgan fingerprint density at radius 1 is 1.12 bits per heavy atom. The van der Waals surface area contributed by atoms with Crippen LogP contribution in [0.15, 0.2) is 58.0 Å². The Kier molecular flexibility index (Phi) is 5.06. The number of thiocarbonyl (C=S) groups is 1. The number of aryl methyl sites for hydroxylation is 1. The molecule has 5 nitrogen and oxygen atoms in total. The highest BCUT2D eigenvalue weighted by Gasteiger charge is 2.38. The van der Waals surface area contributed by atoms with Crippen molar-refractivity contribution < 1.29 is 9.59 Å². The molecule has 126 valence electrons. The zero-order valence-corrected chi connectivity index (χ0v) is 15.7. The summed E-state index contributed by atoms with van der Waals surface area (Å²) in [6.45, 7) is 1.95. The lowest BCUT2D eigenvalue weighted by Crippen LogP contribution is -2.58. The van der Waals surface area contributed by atoms with Crippen LogP contribution < -0.4 is 10.2 Å². The number of aliphatic imine (C=N–C) groups is 1. The molecule has 0 radical (unpaired) electrons. The summed E-state index contributed by atoms with van der Waals surface area (Å²) < 4.78 is 0.925. The van der Waals surface area contributed by atoms with E-state index in [1.54, 1.807) is 24.3 Å². The molecule has 0 aromatic heterocycles. The molecular weight excluding hydrogens is 402 g/mol. The third-order valence-corrected chi connectivity index (χ3v) is 4.51. The predicted molar refractivity (Wildman–Crippen MR) is 105 cm³/mol. The highest BCUT2D eigenvalue weighted by molar-refractivity contribution is 9.10. The molecule has 2 aromatic carbocycles. The van der Waals surface area contributed by atoms with Crippen molar-refractivity contribution in [2.45, 2.75) is 6.92 Å². The zero-order chi connectivity index (χ0) is 18.0. The maximum absolute atomic E-state index is 12.8. The van der Waals surface area contributed by atoms with Gasteiger partial charge in [-0.15, -0.1) is 0 Å². The summed E-state index contributed by atoms with van der Waals surface area (Å²) in [4.78, 5) is 30.5. The average molecular weight is 416 g/mol. The van der Waals surface area contributed by atoms with Gasteiger partial charge in [0, 0.05) is 10.7 Å². The molecule has 1 aliphatic heterocycles. The number of hydrogen-bond donors (Lipinski definition) is 1. The molecule has 0 bridgehead atoms. The van der Waals surface area contributed by atoms with Gasteiger partial charge in [-0.05, 0) is 55.5 Å². The summed E-state index contributed by atoms with van der Waals surface area (Å²) in [5.74, 6) is -1.92. The molecule has 3 rings (SSSR count).